The van der Waals surface area contributed by atoms with Gasteiger partial charge in [-0.05, 0) is 111 Å². The van der Waals surface area contributed by atoms with E-state index in [1.54, 1.807) is 6.92 Å². The predicted molar refractivity (Wildman–Crippen MR) is 134 cm³/mol. The van der Waals surface area contributed by atoms with Gasteiger partial charge in [-0.1, -0.05) is 47.1 Å². The Kier molecular flexibility index (Phi) is 11.1. The van der Waals surface area contributed by atoms with Gasteiger partial charge >= 0.3 is 23.1 Å². The van der Waals surface area contributed by atoms with Crippen LogP contribution < -0.4 is 12.4 Å². The molecule has 182 valence electrons. The summed E-state index contributed by atoms with van der Waals surface area (Å²) in [4.78, 5) is 11.1. The second-order valence-electron chi connectivity index (χ2n) is 12.9. The Morgan fingerprint density at radius 2 is 1.56 bits per heavy atom. The molecule has 7 unspecified atom stereocenters. The van der Waals surface area contributed by atoms with Crippen molar-refractivity contribution >= 4 is 28.8 Å². The smallest absolute Gasteiger partial charge is 1.00 e. The summed E-state index contributed by atoms with van der Waals surface area (Å²) < 4.78 is 0. The van der Waals surface area contributed by atoms with Crippen LogP contribution in [0.1, 0.15) is 94.4 Å². The maximum absolute atomic E-state index is 11.1. The molecule has 4 saturated carbocycles. The zero-order valence-corrected chi connectivity index (χ0v) is 24.8. The van der Waals surface area contributed by atoms with Gasteiger partial charge in [0.05, 0.1) is 5.60 Å². The van der Waals surface area contributed by atoms with Crippen LogP contribution >= 0.6 is 0 Å². The molecule has 0 spiro atoms. The fourth-order valence-corrected chi connectivity index (χ4v) is 7.56. The SMILES string of the molecule is CC(=O)/C=C1/CC2CC1C(C)C2(C)C.CC1C2CC(CC2CC(C)(C)O)C1(C)C.[CH3-].[Cl-].[Mg+2]. The van der Waals surface area contributed by atoms with Crippen molar-refractivity contribution in [2.75, 3.05) is 0 Å². The fourth-order valence-electron chi connectivity index (χ4n) is 7.56. The average molecular weight is 477 g/mol. The number of fused-ring (bicyclic) bond motifs is 4. The number of aliphatic hydroxyl groups is 1. The van der Waals surface area contributed by atoms with Crippen molar-refractivity contribution in [1.29, 1.82) is 0 Å². The molecule has 4 aliphatic rings. The van der Waals surface area contributed by atoms with Gasteiger partial charge in [0.15, 0.2) is 5.78 Å². The summed E-state index contributed by atoms with van der Waals surface area (Å²) in [6.07, 6.45) is 8.13. The van der Waals surface area contributed by atoms with Crippen molar-refractivity contribution in [3.63, 3.8) is 0 Å². The minimum Gasteiger partial charge on any atom is -1.00 e. The molecule has 4 rings (SSSR count). The summed E-state index contributed by atoms with van der Waals surface area (Å²) in [6.45, 7) is 20.0. The van der Waals surface area contributed by atoms with E-state index in [0.29, 0.717) is 16.7 Å². The van der Waals surface area contributed by atoms with Crippen LogP contribution in [0.3, 0.4) is 0 Å². The van der Waals surface area contributed by atoms with E-state index < -0.39 is 5.60 Å². The number of ketones is 1. The van der Waals surface area contributed by atoms with E-state index in [4.69, 9.17) is 0 Å². The van der Waals surface area contributed by atoms with Gasteiger partial charge in [0.2, 0.25) is 0 Å². The van der Waals surface area contributed by atoms with E-state index >= 15 is 0 Å². The first kappa shape index (κ1) is 32.4. The molecular formula is C28H49ClMgO2. The number of hydrogen-bond acceptors (Lipinski definition) is 2. The van der Waals surface area contributed by atoms with E-state index in [1.807, 2.05) is 19.9 Å². The van der Waals surface area contributed by atoms with Crippen LogP contribution in [-0.4, -0.2) is 39.5 Å². The number of carbonyl (C=O) groups excluding carboxylic acids is 1. The summed E-state index contributed by atoms with van der Waals surface area (Å²) in [6, 6.07) is 0. The molecule has 0 aromatic heterocycles. The Hall–Kier alpha value is 0.426. The van der Waals surface area contributed by atoms with Gasteiger partial charge in [-0.3, -0.25) is 4.79 Å². The Bertz CT molecular complexity index is 667. The Morgan fingerprint density at radius 3 is 1.94 bits per heavy atom. The van der Waals surface area contributed by atoms with E-state index in [-0.39, 0.29) is 48.7 Å². The molecule has 0 saturated heterocycles. The Morgan fingerprint density at radius 1 is 1.03 bits per heavy atom. The minimum atomic E-state index is -0.473. The topological polar surface area (TPSA) is 37.3 Å². The number of carbonyl (C=O) groups is 1. The van der Waals surface area contributed by atoms with Crippen LogP contribution in [0.2, 0.25) is 0 Å². The van der Waals surface area contributed by atoms with Gasteiger partial charge < -0.3 is 24.9 Å². The third-order valence-corrected chi connectivity index (χ3v) is 10.1. The van der Waals surface area contributed by atoms with E-state index in [9.17, 15) is 9.90 Å². The average Bonchev–Trinajstić information content (AvgIpc) is 3.24. The second kappa shape index (κ2) is 11.0. The molecule has 0 amide bonds. The first-order valence-electron chi connectivity index (χ1n) is 12.1. The van der Waals surface area contributed by atoms with Gasteiger partial charge in [-0.25, -0.2) is 0 Å². The first-order valence-corrected chi connectivity index (χ1v) is 12.1. The monoisotopic (exact) mass is 476 g/mol. The van der Waals surface area contributed by atoms with Crippen LogP contribution in [0.25, 0.3) is 0 Å². The van der Waals surface area contributed by atoms with Gasteiger partial charge in [0, 0.05) is 0 Å². The molecule has 4 aliphatic carbocycles. The van der Waals surface area contributed by atoms with Crippen molar-refractivity contribution in [2.45, 2.75) is 100 Å². The van der Waals surface area contributed by atoms with Crippen LogP contribution in [0, 0.1) is 59.7 Å². The fraction of sp³-hybridized carbons (Fsp3) is 0.857. The standard InChI is InChI=1S/C14H26O.C13H20O.CH3.ClH.Mg/c1-9-12-7-11(14(9,4)5)6-10(12)8-13(2,3)15;1-8(14)5-10-6-11-7-12(10)9(2)13(11,3)4;;;/h9-12,15H,6-8H2,1-5H3;5,9,11-12H,6-7H2,1-4H3;1H3;1H;/q;;-1;;+2/p-1/b;10-5-;;;. The largest absolute Gasteiger partial charge is 2.00 e. The van der Waals surface area contributed by atoms with Crippen LogP contribution in [0.5, 0.6) is 0 Å². The molecule has 4 bridgehead atoms. The summed E-state index contributed by atoms with van der Waals surface area (Å²) in [5, 5.41) is 9.92. The van der Waals surface area contributed by atoms with Crippen LogP contribution in [0.4, 0.5) is 0 Å². The number of hydrogen-bond donors (Lipinski definition) is 1. The summed E-state index contributed by atoms with van der Waals surface area (Å²) in [5.74, 6) is 5.86. The quantitative estimate of drug-likeness (QED) is 0.382. The van der Waals surface area contributed by atoms with Gasteiger partial charge in [0.1, 0.15) is 0 Å². The molecule has 2 nitrogen and oxygen atoms in total. The van der Waals surface area contributed by atoms with Gasteiger partial charge in [0.25, 0.3) is 0 Å². The molecule has 0 radical (unpaired) electrons. The molecular weight excluding hydrogens is 428 g/mol. The van der Waals surface area contributed by atoms with Crippen LogP contribution in [0.15, 0.2) is 11.6 Å². The summed E-state index contributed by atoms with van der Waals surface area (Å²) >= 11 is 0. The third kappa shape index (κ3) is 6.15. The second-order valence-corrected chi connectivity index (χ2v) is 12.9. The molecule has 7 atom stereocenters. The third-order valence-electron chi connectivity index (χ3n) is 10.1. The minimum absolute atomic E-state index is 0. The Balaban J connectivity index is 0.000000550. The molecule has 4 fully saturated rings. The maximum atomic E-state index is 11.1. The predicted octanol–water partition coefficient (Wildman–Crippen LogP) is 3.74. The molecule has 0 heterocycles. The van der Waals surface area contributed by atoms with Crippen molar-refractivity contribution < 1.29 is 22.3 Å². The van der Waals surface area contributed by atoms with Gasteiger partial charge in [-0.2, -0.15) is 0 Å². The van der Waals surface area contributed by atoms with Crippen molar-refractivity contribution in [2.24, 2.45) is 52.3 Å². The first-order chi connectivity index (χ1) is 13.1. The van der Waals surface area contributed by atoms with Crippen molar-refractivity contribution in [3.05, 3.63) is 19.1 Å². The van der Waals surface area contributed by atoms with E-state index in [2.05, 4.69) is 41.5 Å². The number of allylic oxidation sites excluding steroid dienone is 2. The maximum Gasteiger partial charge on any atom is 2.00 e. The molecule has 0 aromatic rings. The zero-order valence-electron chi connectivity index (χ0n) is 22.6. The normalized spacial score (nSPS) is 38.8. The zero-order chi connectivity index (χ0) is 21.9. The Labute approximate surface area is 221 Å². The summed E-state index contributed by atoms with van der Waals surface area (Å²) in [7, 11) is 0. The molecule has 4 heteroatoms. The molecule has 0 aromatic carbocycles. The van der Waals surface area contributed by atoms with E-state index in [0.717, 1.165) is 41.9 Å². The molecule has 0 aliphatic heterocycles. The molecule has 32 heavy (non-hydrogen) atoms. The van der Waals surface area contributed by atoms with Crippen molar-refractivity contribution in [1.82, 2.24) is 0 Å². The van der Waals surface area contributed by atoms with Crippen molar-refractivity contribution in [3.8, 4) is 0 Å². The van der Waals surface area contributed by atoms with Gasteiger partial charge in [-0.15, -0.1) is 0 Å². The number of halogens is 1. The molecule has 1 N–H and O–H groups in total. The van der Waals surface area contributed by atoms with Crippen LogP contribution in [-0.2, 0) is 4.79 Å². The number of rotatable bonds is 3. The van der Waals surface area contributed by atoms with E-state index in [1.165, 1.54) is 31.3 Å². The summed E-state index contributed by atoms with van der Waals surface area (Å²) in [5.41, 5.74) is 1.98.